The van der Waals surface area contributed by atoms with E-state index in [0.717, 1.165) is 39.0 Å². The average Bonchev–Trinajstić information content (AvgIpc) is 2.76. The standard InChI is InChI=1S/C18H28N8O5S2/c1-3-25-9-11-26(12-10-25)18-23-16(19-7-8-20-32(2,27)28)22-17(24-18)21-14-5-4-6-15(13-14)33(29,30)31/h4-6,13,20H,3,7-12H2,1-2H3,(H,29,30,31)(H2,19,21,22,23,24). The zero-order chi connectivity index (χ0) is 24.1. The molecule has 0 amide bonds. The third-order valence-electron chi connectivity index (χ3n) is 4.89. The number of anilines is 4. The highest BCUT2D eigenvalue weighted by molar-refractivity contribution is 7.88. The number of piperazine rings is 1. The number of likely N-dealkylation sites (N-methyl/N-ethyl adjacent to an activating group) is 1. The van der Waals surface area contributed by atoms with Crippen molar-refractivity contribution in [2.24, 2.45) is 0 Å². The van der Waals surface area contributed by atoms with Gasteiger partial charge in [-0.2, -0.15) is 23.4 Å². The smallest absolute Gasteiger partial charge is 0.294 e. The third kappa shape index (κ3) is 7.75. The molecule has 2 aromatic rings. The van der Waals surface area contributed by atoms with Crippen molar-refractivity contribution in [1.82, 2.24) is 24.6 Å². The third-order valence-corrected chi connectivity index (χ3v) is 6.46. The summed E-state index contributed by atoms with van der Waals surface area (Å²) in [5, 5.41) is 5.92. The van der Waals surface area contributed by atoms with Crippen LogP contribution in [0.15, 0.2) is 29.2 Å². The van der Waals surface area contributed by atoms with Gasteiger partial charge in [0.2, 0.25) is 27.9 Å². The van der Waals surface area contributed by atoms with Gasteiger partial charge in [0.05, 0.1) is 11.2 Å². The summed E-state index contributed by atoms with van der Waals surface area (Å²) in [6.07, 6.45) is 1.08. The highest BCUT2D eigenvalue weighted by Gasteiger charge is 2.20. The minimum absolute atomic E-state index is 0.147. The van der Waals surface area contributed by atoms with E-state index in [1.54, 1.807) is 6.07 Å². The molecule has 0 spiro atoms. The molecular formula is C18H28N8O5S2. The average molecular weight is 501 g/mol. The summed E-state index contributed by atoms with van der Waals surface area (Å²) in [4.78, 5) is 17.3. The second-order valence-corrected chi connectivity index (χ2v) is 10.7. The van der Waals surface area contributed by atoms with E-state index >= 15 is 0 Å². The fourth-order valence-corrected chi connectivity index (χ4v) is 4.18. The van der Waals surface area contributed by atoms with Gasteiger partial charge in [-0.05, 0) is 24.7 Å². The van der Waals surface area contributed by atoms with Crippen molar-refractivity contribution in [2.75, 3.05) is 67.6 Å². The molecule has 1 aliphatic rings. The number of rotatable bonds is 10. The summed E-state index contributed by atoms with van der Waals surface area (Å²) < 4.78 is 57.0. The molecule has 0 radical (unpaired) electrons. The predicted molar refractivity (Wildman–Crippen MR) is 125 cm³/mol. The Hall–Kier alpha value is -2.59. The van der Waals surface area contributed by atoms with E-state index in [-0.39, 0.29) is 29.9 Å². The lowest BCUT2D eigenvalue weighted by molar-refractivity contribution is 0.270. The minimum Gasteiger partial charge on any atom is -0.353 e. The Kier molecular flexibility index (Phi) is 8.01. The van der Waals surface area contributed by atoms with Gasteiger partial charge in [0.1, 0.15) is 0 Å². The van der Waals surface area contributed by atoms with Gasteiger partial charge in [-0.3, -0.25) is 4.55 Å². The molecule has 33 heavy (non-hydrogen) atoms. The predicted octanol–water partition coefficient (Wildman–Crippen LogP) is -0.0351. The molecule has 2 heterocycles. The number of hydrogen-bond acceptors (Lipinski definition) is 11. The molecule has 1 fully saturated rings. The van der Waals surface area contributed by atoms with Crippen LogP contribution in [0.4, 0.5) is 23.5 Å². The number of nitrogens with one attached hydrogen (secondary N) is 3. The van der Waals surface area contributed by atoms with E-state index in [1.165, 1.54) is 18.2 Å². The summed E-state index contributed by atoms with van der Waals surface area (Å²) in [5.41, 5.74) is 0.364. The maximum Gasteiger partial charge on any atom is 0.294 e. The second-order valence-electron chi connectivity index (χ2n) is 7.43. The van der Waals surface area contributed by atoms with E-state index in [1.807, 2.05) is 4.90 Å². The largest absolute Gasteiger partial charge is 0.353 e. The second kappa shape index (κ2) is 10.6. The van der Waals surface area contributed by atoms with Crippen molar-refractivity contribution in [3.63, 3.8) is 0 Å². The number of nitrogens with zero attached hydrogens (tertiary/aromatic N) is 5. The molecule has 15 heteroatoms. The first-order valence-corrected chi connectivity index (χ1v) is 13.6. The lowest BCUT2D eigenvalue weighted by Gasteiger charge is -2.34. The molecule has 1 saturated heterocycles. The van der Waals surface area contributed by atoms with Crippen LogP contribution in [0.1, 0.15) is 6.92 Å². The zero-order valence-electron chi connectivity index (χ0n) is 18.4. The van der Waals surface area contributed by atoms with Gasteiger partial charge in [-0.25, -0.2) is 13.1 Å². The van der Waals surface area contributed by atoms with Crippen molar-refractivity contribution in [3.05, 3.63) is 24.3 Å². The van der Waals surface area contributed by atoms with Crippen molar-refractivity contribution in [3.8, 4) is 0 Å². The van der Waals surface area contributed by atoms with E-state index in [0.29, 0.717) is 11.6 Å². The van der Waals surface area contributed by atoms with Crippen molar-refractivity contribution < 1.29 is 21.4 Å². The molecule has 0 saturated carbocycles. The molecule has 3 rings (SSSR count). The number of aromatic nitrogens is 3. The molecule has 0 bridgehead atoms. The van der Waals surface area contributed by atoms with Crippen LogP contribution < -0.4 is 20.3 Å². The van der Waals surface area contributed by atoms with E-state index in [4.69, 9.17) is 0 Å². The molecule has 0 unspecified atom stereocenters. The summed E-state index contributed by atoms with van der Waals surface area (Å²) in [5.74, 6) is 0.846. The van der Waals surface area contributed by atoms with Crippen LogP contribution in [-0.4, -0.2) is 93.3 Å². The highest BCUT2D eigenvalue weighted by atomic mass is 32.2. The molecule has 1 aromatic carbocycles. The van der Waals surface area contributed by atoms with Crippen LogP contribution in [0.2, 0.25) is 0 Å². The molecule has 182 valence electrons. The fraction of sp³-hybridized carbons (Fsp3) is 0.500. The Balaban J connectivity index is 1.82. The van der Waals surface area contributed by atoms with E-state index < -0.39 is 20.1 Å². The van der Waals surface area contributed by atoms with Gasteiger partial charge >= 0.3 is 0 Å². The summed E-state index contributed by atoms with van der Waals surface area (Å²) >= 11 is 0. The highest BCUT2D eigenvalue weighted by Crippen LogP contribution is 2.21. The van der Waals surface area contributed by atoms with Crippen LogP contribution in [0, 0.1) is 0 Å². The molecule has 0 aliphatic carbocycles. The Bertz CT molecular complexity index is 1170. The number of benzene rings is 1. The van der Waals surface area contributed by atoms with Crippen LogP contribution in [0.5, 0.6) is 0 Å². The van der Waals surface area contributed by atoms with E-state index in [9.17, 15) is 21.4 Å². The van der Waals surface area contributed by atoms with Crippen LogP contribution in [0.3, 0.4) is 0 Å². The van der Waals surface area contributed by atoms with Gasteiger partial charge in [0.15, 0.2) is 0 Å². The normalized spacial score (nSPS) is 15.4. The monoisotopic (exact) mass is 500 g/mol. The first-order chi connectivity index (χ1) is 15.5. The molecule has 1 aromatic heterocycles. The van der Waals surface area contributed by atoms with Crippen molar-refractivity contribution in [2.45, 2.75) is 11.8 Å². The summed E-state index contributed by atoms with van der Waals surface area (Å²) in [7, 11) is -7.67. The molecule has 0 atom stereocenters. The Morgan fingerprint density at radius 2 is 1.70 bits per heavy atom. The summed E-state index contributed by atoms with van der Waals surface area (Å²) in [6.45, 7) is 6.64. The van der Waals surface area contributed by atoms with E-state index in [2.05, 4.69) is 42.1 Å². The first kappa shape index (κ1) is 25.0. The number of hydrogen-bond donors (Lipinski definition) is 4. The zero-order valence-corrected chi connectivity index (χ0v) is 20.0. The van der Waals surface area contributed by atoms with Gasteiger partial charge < -0.3 is 20.4 Å². The van der Waals surface area contributed by atoms with Gasteiger partial charge in [-0.15, -0.1) is 0 Å². The first-order valence-electron chi connectivity index (χ1n) is 10.3. The van der Waals surface area contributed by atoms with Crippen molar-refractivity contribution in [1.29, 1.82) is 0 Å². The topological polar surface area (TPSA) is 170 Å². The summed E-state index contributed by atoms with van der Waals surface area (Å²) in [6, 6.07) is 5.63. The maximum atomic E-state index is 11.4. The van der Waals surface area contributed by atoms with Gasteiger partial charge in [0.25, 0.3) is 10.1 Å². The Labute approximate surface area is 193 Å². The van der Waals surface area contributed by atoms with Gasteiger partial charge in [0, 0.05) is 45.0 Å². The molecule has 13 nitrogen and oxygen atoms in total. The van der Waals surface area contributed by atoms with Crippen LogP contribution in [0.25, 0.3) is 0 Å². The van der Waals surface area contributed by atoms with Crippen LogP contribution in [-0.2, 0) is 20.1 Å². The van der Waals surface area contributed by atoms with Gasteiger partial charge in [-0.1, -0.05) is 13.0 Å². The minimum atomic E-state index is -4.36. The van der Waals surface area contributed by atoms with Crippen LogP contribution >= 0.6 is 0 Å². The Morgan fingerprint density at radius 3 is 2.33 bits per heavy atom. The molecule has 4 N–H and O–H groups in total. The maximum absolute atomic E-state index is 11.4. The Morgan fingerprint density at radius 1 is 1.00 bits per heavy atom. The molecule has 1 aliphatic heterocycles. The number of sulfonamides is 1. The fourth-order valence-electron chi connectivity index (χ4n) is 3.18. The van der Waals surface area contributed by atoms with Crippen molar-refractivity contribution >= 4 is 43.7 Å². The SMILES string of the molecule is CCN1CCN(c2nc(NCCNS(C)(=O)=O)nc(Nc3cccc(S(=O)(=O)O)c3)n2)CC1. The lowest BCUT2D eigenvalue weighted by atomic mass is 10.3. The lowest BCUT2D eigenvalue weighted by Crippen LogP contribution is -2.46. The molecular weight excluding hydrogens is 472 g/mol. The quantitative estimate of drug-likeness (QED) is 0.254.